The van der Waals surface area contributed by atoms with Crippen LogP contribution in [0.15, 0.2) is 18.3 Å². The van der Waals surface area contributed by atoms with Crippen LogP contribution in [-0.2, 0) is 4.74 Å². The Morgan fingerprint density at radius 3 is 3.00 bits per heavy atom. The highest BCUT2D eigenvalue weighted by molar-refractivity contribution is 5.87. The van der Waals surface area contributed by atoms with E-state index in [0.29, 0.717) is 12.3 Å². The van der Waals surface area contributed by atoms with Crippen LogP contribution in [0.2, 0.25) is 0 Å². The van der Waals surface area contributed by atoms with E-state index in [1.54, 1.807) is 16.7 Å². The van der Waals surface area contributed by atoms with Crippen LogP contribution >= 0.6 is 0 Å². The Morgan fingerprint density at radius 1 is 1.50 bits per heavy atom. The third-order valence-corrected chi connectivity index (χ3v) is 3.38. The summed E-state index contributed by atoms with van der Waals surface area (Å²) in [5.41, 5.74) is 0.893. The summed E-state index contributed by atoms with van der Waals surface area (Å²) in [6.07, 6.45) is 2.54. The van der Waals surface area contributed by atoms with Crippen molar-refractivity contribution in [3.63, 3.8) is 0 Å². The third-order valence-electron chi connectivity index (χ3n) is 3.38. The molecule has 0 aromatic carbocycles. The number of rotatable bonds is 2. The van der Waals surface area contributed by atoms with Gasteiger partial charge in [0.1, 0.15) is 5.82 Å². The number of carboxylic acids is 1. The molecular weight excluding hydrogens is 234 g/mol. The Balaban J connectivity index is 2.11. The number of carboxylic acid groups (broad SMARTS) is 1. The topological polar surface area (TPSA) is 76.7 Å². The fraction of sp³-hybridized carbons (Fsp3) is 0.417. The number of hydrogen-bond donors (Lipinski definition) is 1. The van der Waals surface area contributed by atoms with Gasteiger partial charge < -0.3 is 9.84 Å². The van der Waals surface area contributed by atoms with Gasteiger partial charge in [0, 0.05) is 18.7 Å². The van der Waals surface area contributed by atoms with Crippen LogP contribution in [0.25, 0.3) is 5.65 Å². The molecule has 2 unspecified atom stereocenters. The summed E-state index contributed by atoms with van der Waals surface area (Å²) in [5.74, 6) is -0.00517. The molecule has 3 heterocycles. The van der Waals surface area contributed by atoms with Crippen molar-refractivity contribution in [2.24, 2.45) is 0 Å². The Hall–Kier alpha value is -1.95. The predicted molar refractivity (Wildman–Crippen MR) is 62.7 cm³/mol. The summed E-state index contributed by atoms with van der Waals surface area (Å²) in [6.45, 7) is 2.71. The van der Waals surface area contributed by atoms with E-state index in [1.807, 2.05) is 6.92 Å². The standard InChI is InChI=1S/C12H13N3O3/c1-7-9(4-5-18-7)11-14-13-10-3-2-8(12(16)17)6-15(10)11/h2-3,6-7,9H,4-5H2,1H3,(H,16,17). The summed E-state index contributed by atoms with van der Waals surface area (Å²) in [6, 6.07) is 3.20. The quantitative estimate of drug-likeness (QED) is 0.866. The fourth-order valence-electron chi connectivity index (χ4n) is 2.36. The first-order valence-corrected chi connectivity index (χ1v) is 5.86. The molecule has 6 heteroatoms. The van der Waals surface area contributed by atoms with E-state index in [2.05, 4.69) is 10.2 Å². The molecular formula is C12H13N3O3. The van der Waals surface area contributed by atoms with E-state index in [9.17, 15) is 4.79 Å². The van der Waals surface area contributed by atoms with Gasteiger partial charge in [-0.05, 0) is 25.5 Å². The first-order valence-electron chi connectivity index (χ1n) is 5.86. The van der Waals surface area contributed by atoms with E-state index in [4.69, 9.17) is 9.84 Å². The highest BCUT2D eigenvalue weighted by Crippen LogP contribution is 2.30. The van der Waals surface area contributed by atoms with Gasteiger partial charge in [-0.25, -0.2) is 4.79 Å². The Bertz CT molecular complexity index is 608. The molecule has 0 spiro atoms. The first kappa shape index (κ1) is 11.2. The van der Waals surface area contributed by atoms with E-state index in [0.717, 1.165) is 12.2 Å². The van der Waals surface area contributed by atoms with Gasteiger partial charge in [0.2, 0.25) is 0 Å². The van der Waals surface area contributed by atoms with Gasteiger partial charge in [-0.2, -0.15) is 0 Å². The van der Waals surface area contributed by atoms with Gasteiger partial charge in [-0.3, -0.25) is 4.40 Å². The van der Waals surface area contributed by atoms with E-state index < -0.39 is 5.97 Å². The van der Waals surface area contributed by atoms with Crippen molar-refractivity contribution in [2.45, 2.75) is 25.4 Å². The maximum Gasteiger partial charge on any atom is 0.337 e. The molecule has 1 aliphatic rings. The second-order valence-corrected chi connectivity index (χ2v) is 4.48. The van der Waals surface area contributed by atoms with Crippen LogP contribution in [-0.4, -0.2) is 38.4 Å². The van der Waals surface area contributed by atoms with Crippen molar-refractivity contribution >= 4 is 11.6 Å². The number of aromatic nitrogens is 3. The zero-order valence-electron chi connectivity index (χ0n) is 9.91. The Labute approximate surface area is 103 Å². The lowest BCUT2D eigenvalue weighted by Crippen LogP contribution is -2.13. The minimum Gasteiger partial charge on any atom is -0.478 e. The summed E-state index contributed by atoms with van der Waals surface area (Å²) >= 11 is 0. The van der Waals surface area contributed by atoms with Crippen LogP contribution in [0, 0.1) is 0 Å². The minimum absolute atomic E-state index is 0.0888. The number of pyridine rings is 1. The van der Waals surface area contributed by atoms with Crippen molar-refractivity contribution in [3.05, 3.63) is 29.7 Å². The van der Waals surface area contributed by atoms with E-state index in [1.165, 1.54) is 6.07 Å². The van der Waals surface area contributed by atoms with Crippen molar-refractivity contribution in [2.75, 3.05) is 6.61 Å². The molecule has 0 aliphatic carbocycles. The van der Waals surface area contributed by atoms with Crippen molar-refractivity contribution in [1.29, 1.82) is 0 Å². The molecule has 0 saturated carbocycles. The molecule has 0 amide bonds. The molecule has 2 atom stereocenters. The first-order chi connectivity index (χ1) is 8.66. The molecule has 6 nitrogen and oxygen atoms in total. The largest absolute Gasteiger partial charge is 0.478 e. The van der Waals surface area contributed by atoms with Crippen molar-refractivity contribution < 1.29 is 14.6 Å². The molecule has 1 saturated heterocycles. The lowest BCUT2D eigenvalue weighted by atomic mass is 10.0. The van der Waals surface area contributed by atoms with Gasteiger partial charge in [0.15, 0.2) is 5.65 Å². The smallest absolute Gasteiger partial charge is 0.337 e. The maximum absolute atomic E-state index is 11.0. The van der Waals surface area contributed by atoms with Gasteiger partial charge >= 0.3 is 5.97 Å². The molecule has 1 N–H and O–H groups in total. The summed E-state index contributed by atoms with van der Waals surface area (Å²) in [4.78, 5) is 11.0. The molecule has 2 aromatic heterocycles. The molecule has 0 bridgehead atoms. The van der Waals surface area contributed by atoms with Gasteiger partial charge in [0.25, 0.3) is 0 Å². The monoisotopic (exact) mass is 247 g/mol. The number of fused-ring (bicyclic) bond motifs is 1. The number of aromatic carboxylic acids is 1. The molecule has 3 rings (SSSR count). The highest BCUT2D eigenvalue weighted by atomic mass is 16.5. The van der Waals surface area contributed by atoms with Crippen LogP contribution < -0.4 is 0 Å². The van der Waals surface area contributed by atoms with Crippen LogP contribution in [0.4, 0.5) is 0 Å². The molecule has 1 fully saturated rings. The SMILES string of the molecule is CC1OCCC1c1nnc2ccc(C(=O)O)cn12. The Morgan fingerprint density at radius 2 is 2.33 bits per heavy atom. The minimum atomic E-state index is -0.952. The third kappa shape index (κ3) is 1.65. The van der Waals surface area contributed by atoms with Crippen LogP contribution in [0.3, 0.4) is 0 Å². The van der Waals surface area contributed by atoms with Crippen LogP contribution in [0.5, 0.6) is 0 Å². The van der Waals surface area contributed by atoms with Crippen molar-refractivity contribution in [1.82, 2.24) is 14.6 Å². The number of nitrogens with zero attached hydrogens (tertiary/aromatic N) is 3. The summed E-state index contributed by atoms with van der Waals surface area (Å²) in [7, 11) is 0. The number of hydrogen-bond acceptors (Lipinski definition) is 4. The average molecular weight is 247 g/mol. The van der Waals surface area contributed by atoms with Gasteiger partial charge in [-0.1, -0.05) is 0 Å². The average Bonchev–Trinajstić information content (AvgIpc) is 2.93. The molecule has 2 aromatic rings. The summed E-state index contributed by atoms with van der Waals surface area (Å²) < 4.78 is 7.27. The lowest BCUT2D eigenvalue weighted by molar-refractivity contribution is 0.0696. The molecule has 0 radical (unpaired) electrons. The van der Waals surface area contributed by atoms with E-state index >= 15 is 0 Å². The second-order valence-electron chi connectivity index (χ2n) is 4.48. The van der Waals surface area contributed by atoms with Crippen LogP contribution in [0.1, 0.15) is 35.4 Å². The van der Waals surface area contributed by atoms with E-state index in [-0.39, 0.29) is 17.6 Å². The number of ether oxygens (including phenoxy) is 1. The normalized spacial score (nSPS) is 23.6. The highest BCUT2D eigenvalue weighted by Gasteiger charge is 2.29. The Kier molecular flexibility index (Phi) is 2.52. The predicted octanol–water partition coefficient (Wildman–Crippen LogP) is 1.32. The molecule has 94 valence electrons. The molecule has 18 heavy (non-hydrogen) atoms. The zero-order chi connectivity index (χ0) is 12.7. The zero-order valence-corrected chi connectivity index (χ0v) is 9.91. The number of carbonyl (C=O) groups is 1. The van der Waals surface area contributed by atoms with Gasteiger partial charge in [0.05, 0.1) is 11.7 Å². The van der Waals surface area contributed by atoms with Gasteiger partial charge in [-0.15, -0.1) is 10.2 Å². The van der Waals surface area contributed by atoms with Crippen molar-refractivity contribution in [3.8, 4) is 0 Å². The second kappa shape index (κ2) is 4.06. The summed E-state index contributed by atoms with van der Waals surface area (Å²) in [5, 5.41) is 17.2. The lowest BCUT2D eigenvalue weighted by Gasteiger charge is -2.11. The molecule has 1 aliphatic heterocycles. The maximum atomic E-state index is 11.0. The fourth-order valence-corrected chi connectivity index (χ4v) is 2.36.